The first-order chi connectivity index (χ1) is 8.40. The zero-order valence-corrected chi connectivity index (χ0v) is 9.47. The first-order valence-electron chi connectivity index (χ1n) is 5.86. The summed E-state index contributed by atoms with van der Waals surface area (Å²) in [6.45, 7) is 0. The highest BCUT2D eigenvalue weighted by molar-refractivity contribution is 5.41. The molecule has 2 N–H and O–H groups in total. The lowest BCUT2D eigenvalue weighted by molar-refractivity contribution is -0.151. The molecule has 2 aliphatic rings. The summed E-state index contributed by atoms with van der Waals surface area (Å²) in [5, 5.41) is 2.38. The van der Waals surface area contributed by atoms with Gasteiger partial charge in [0.25, 0.3) is 5.56 Å². The number of alkyl halides is 3. The molecule has 0 saturated heterocycles. The Morgan fingerprint density at radius 2 is 2.06 bits per heavy atom. The molecular formula is C11H12F3N3O. The molecule has 4 nitrogen and oxygen atoms in total. The molecule has 7 heteroatoms. The summed E-state index contributed by atoms with van der Waals surface area (Å²) in [6.07, 6.45) is -2.39. The Bertz CT molecular complexity index is 529. The highest BCUT2D eigenvalue weighted by Gasteiger charge is 2.63. The Labute approximate surface area is 101 Å². The number of anilines is 1. The monoisotopic (exact) mass is 259 g/mol. The van der Waals surface area contributed by atoms with Gasteiger partial charge in [-0.15, -0.1) is 0 Å². The van der Waals surface area contributed by atoms with E-state index < -0.39 is 17.3 Å². The molecule has 2 fully saturated rings. The average Bonchev–Trinajstić information content (AvgIpc) is 3.11. The van der Waals surface area contributed by atoms with E-state index in [4.69, 9.17) is 0 Å². The summed E-state index contributed by atoms with van der Waals surface area (Å²) in [6, 6.07) is 1.08. The van der Waals surface area contributed by atoms with Gasteiger partial charge < -0.3 is 10.3 Å². The molecule has 0 aromatic carbocycles. The van der Waals surface area contributed by atoms with Crippen LogP contribution in [0, 0.1) is 0 Å². The Hall–Kier alpha value is -1.53. The van der Waals surface area contributed by atoms with Crippen molar-refractivity contribution in [2.45, 2.75) is 43.3 Å². The van der Waals surface area contributed by atoms with Crippen molar-refractivity contribution >= 4 is 5.82 Å². The molecule has 2 saturated carbocycles. The van der Waals surface area contributed by atoms with E-state index in [2.05, 4.69) is 15.3 Å². The molecule has 0 radical (unpaired) electrons. The molecule has 0 atom stereocenters. The van der Waals surface area contributed by atoms with Crippen molar-refractivity contribution in [2.75, 3.05) is 5.32 Å². The van der Waals surface area contributed by atoms with Crippen LogP contribution in [0.5, 0.6) is 0 Å². The molecule has 1 aromatic rings. The van der Waals surface area contributed by atoms with Gasteiger partial charge >= 0.3 is 6.18 Å². The predicted molar refractivity (Wildman–Crippen MR) is 58.5 cm³/mol. The summed E-state index contributed by atoms with van der Waals surface area (Å²) in [4.78, 5) is 18.0. The number of hydrogen-bond donors (Lipinski definition) is 2. The van der Waals surface area contributed by atoms with Crippen molar-refractivity contribution in [2.24, 2.45) is 0 Å². The van der Waals surface area contributed by atoms with Crippen LogP contribution < -0.4 is 10.9 Å². The highest BCUT2D eigenvalue weighted by atomic mass is 19.4. The number of rotatable bonds is 3. The minimum Gasteiger partial charge on any atom is -0.356 e. The maximum absolute atomic E-state index is 12.8. The second-order valence-corrected chi connectivity index (χ2v) is 5.00. The largest absolute Gasteiger partial charge is 0.411 e. The quantitative estimate of drug-likeness (QED) is 0.874. The number of aromatic amines is 1. The minimum atomic E-state index is -4.31. The molecule has 0 aliphatic heterocycles. The molecule has 0 bridgehead atoms. The summed E-state index contributed by atoms with van der Waals surface area (Å²) in [7, 11) is 0. The second-order valence-electron chi connectivity index (χ2n) is 5.00. The lowest BCUT2D eigenvalue weighted by Crippen LogP contribution is -2.39. The smallest absolute Gasteiger partial charge is 0.356 e. The zero-order chi connectivity index (χ0) is 13.0. The van der Waals surface area contributed by atoms with Crippen molar-refractivity contribution in [1.29, 1.82) is 0 Å². The van der Waals surface area contributed by atoms with Gasteiger partial charge in [0.2, 0.25) is 0 Å². The Morgan fingerprint density at radius 3 is 2.56 bits per heavy atom. The van der Waals surface area contributed by atoms with E-state index in [1.165, 1.54) is 0 Å². The molecule has 0 amide bonds. The lowest BCUT2D eigenvalue weighted by atomic mass is 10.2. The lowest BCUT2D eigenvalue weighted by Gasteiger charge is -2.21. The summed E-state index contributed by atoms with van der Waals surface area (Å²) in [5.41, 5.74) is -2.29. The number of hydrogen-bond acceptors (Lipinski definition) is 3. The number of nitrogens with one attached hydrogen (secondary N) is 2. The fraction of sp³-hybridized carbons (Fsp3) is 0.636. The third-order valence-electron chi connectivity index (χ3n) is 3.38. The van der Waals surface area contributed by atoms with Crippen molar-refractivity contribution in [1.82, 2.24) is 9.97 Å². The number of aromatic nitrogens is 2. The predicted octanol–water partition coefficient (Wildman–Crippen LogP) is 2.15. The second kappa shape index (κ2) is 3.49. The molecule has 0 unspecified atom stereocenters. The summed E-state index contributed by atoms with van der Waals surface area (Å²) >= 11 is 0. The van der Waals surface area contributed by atoms with Crippen LogP contribution in [-0.4, -0.2) is 21.7 Å². The van der Waals surface area contributed by atoms with Gasteiger partial charge in [-0.25, -0.2) is 4.98 Å². The van der Waals surface area contributed by atoms with Crippen LogP contribution in [0.1, 0.15) is 37.4 Å². The van der Waals surface area contributed by atoms with Crippen LogP contribution >= 0.6 is 0 Å². The number of H-pyrrole nitrogens is 1. The van der Waals surface area contributed by atoms with Crippen LogP contribution in [0.15, 0.2) is 10.9 Å². The number of nitrogens with zero attached hydrogens (tertiary/aromatic N) is 1. The molecule has 98 valence electrons. The topological polar surface area (TPSA) is 57.8 Å². The van der Waals surface area contributed by atoms with E-state index in [1.807, 2.05) is 0 Å². The van der Waals surface area contributed by atoms with Gasteiger partial charge in [0, 0.05) is 12.0 Å². The Kier molecular flexibility index (Phi) is 2.24. The molecule has 1 heterocycles. The van der Waals surface area contributed by atoms with E-state index in [1.54, 1.807) is 0 Å². The fourth-order valence-corrected chi connectivity index (χ4v) is 1.94. The van der Waals surface area contributed by atoms with Gasteiger partial charge in [-0.1, -0.05) is 0 Å². The number of halogens is 3. The van der Waals surface area contributed by atoms with E-state index in [-0.39, 0.29) is 24.6 Å². The SMILES string of the molecule is O=c1cc(NC2(C(F)(F)F)CC2)nc(C2CC2)[nH]1. The molecule has 18 heavy (non-hydrogen) atoms. The van der Waals surface area contributed by atoms with Gasteiger partial charge in [0.05, 0.1) is 0 Å². The fourth-order valence-electron chi connectivity index (χ4n) is 1.94. The van der Waals surface area contributed by atoms with Gasteiger partial charge in [-0.2, -0.15) is 13.2 Å². The molecule has 1 aromatic heterocycles. The Morgan fingerprint density at radius 1 is 1.39 bits per heavy atom. The van der Waals surface area contributed by atoms with Gasteiger partial charge in [0.1, 0.15) is 17.2 Å². The van der Waals surface area contributed by atoms with Crippen molar-refractivity contribution in [3.8, 4) is 0 Å². The normalized spacial score (nSPS) is 21.7. The standard InChI is InChI=1S/C11H12F3N3O/c12-11(13,14)10(3-4-10)17-7-5-8(18)16-9(15-7)6-1-2-6/h5-6H,1-4H2,(H2,15,16,17,18). The van der Waals surface area contributed by atoms with E-state index in [0.29, 0.717) is 5.82 Å². The third kappa shape index (κ3) is 1.97. The van der Waals surface area contributed by atoms with Gasteiger partial charge in [0.15, 0.2) is 0 Å². The minimum absolute atomic E-state index is 0.0236. The van der Waals surface area contributed by atoms with Crippen molar-refractivity contribution in [3.05, 3.63) is 22.2 Å². The maximum atomic E-state index is 12.8. The molecule has 0 spiro atoms. The van der Waals surface area contributed by atoms with Gasteiger partial charge in [-0.05, 0) is 25.7 Å². The first kappa shape index (κ1) is 11.6. The molecular weight excluding hydrogens is 247 g/mol. The van der Waals surface area contributed by atoms with Crippen LogP contribution in [0.2, 0.25) is 0 Å². The zero-order valence-electron chi connectivity index (χ0n) is 9.47. The first-order valence-corrected chi connectivity index (χ1v) is 5.86. The average molecular weight is 259 g/mol. The van der Waals surface area contributed by atoms with Crippen LogP contribution in [0.3, 0.4) is 0 Å². The van der Waals surface area contributed by atoms with Gasteiger partial charge in [-0.3, -0.25) is 4.79 Å². The highest BCUT2D eigenvalue weighted by Crippen LogP contribution is 2.51. The maximum Gasteiger partial charge on any atom is 0.411 e. The summed E-state index contributed by atoms with van der Waals surface area (Å²) < 4.78 is 38.3. The van der Waals surface area contributed by atoms with E-state index in [0.717, 1.165) is 18.9 Å². The van der Waals surface area contributed by atoms with Crippen LogP contribution in [-0.2, 0) is 0 Å². The van der Waals surface area contributed by atoms with Crippen molar-refractivity contribution in [3.63, 3.8) is 0 Å². The Balaban J connectivity index is 1.87. The van der Waals surface area contributed by atoms with Crippen molar-refractivity contribution < 1.29 is 13.2 Å². The third-order valence-corrected chi connectivity index (χ3v) is 3.38. The van der Waals surface area contributed by atoms with E-state index in [9.17, 15) is 18.0 Å². The summed E-state index contributed by atoms with van der Waals surface area (Å²) in [5.74, 6) is 0.707. The van der Waals surface area contributed by atoms with Crippen LogP contribution in [0.4, 0.5) is 19.0 Å². The molecule has 2 aliphatic carbocycles. The van der Waals surface area contributed by atoms with Crippen LogP contribution in [0.25, 0.3) is 0 Å². The molecule has 3 rings (SSSR count). The van der Waals surface area contributed by atoms with E-state index >= 15 is 0 Å².